The zero-order chi connectivity index (χ0) is 14.4. The Kier molecular flexibility index (Phi) is 5.12. The molecule has 0 spiro atoms. The number of imidazole rings is 1. The van der Waals surface area contributed by atoms with E-state index in [0.717, 1.165) is 12.1 Å². The maximum atomic E-state index is 13.4. The van der Waals surface area contributed by atoms with E-state index in [4.69, 9.17) is 4.74 Å². The molecule has 1 atom stereocenters. The quantitative estimate of drug-likeness (QED) is 0.846. The lowest BCUT2D eigenvalue weighted by Gasteiger charge is -2.18. The summed E-state index contributed by atoms with van der Waals surface area (Å²) in [5.41, 5.74) is 0.971. The topological polar surface area (TPSA) is 39.1 Å². The summed E-state index contributed by atoms with van der Waals surface area (Å²) >= 11 is 0. The van der Waals surface area contributed by atoms with Gasteiger partial charge in [0, 0.05) is 30.1 Å². The average molecular weight is 277 g/mol. The molecule has 0 aliphatic heterocycles. The first-order valence-electron chi connectivity index (χ1n) is 6.82. The van der Waals surface area contributed by atoms with Crippen LogP contribution < -0.4 is 10.1 Å². The van der Waals surface area contributed by atoms with Gasteiger partial charge < -0.3 is 14.6 Å². The zero-order valence-electron chi connectivity index (χ0n) is 11.8. The third-order valence-corrected chi connectivity index (χ3v) is 3.12. The van der Waals surface area contributed by atoms with Gasteiger partial charge in [-0.25, -0.2) is 9.37 Å². The Morgan fingerprint density at radius 2 is 2.30 bits per heavy atom. The van der Waals surface area contributed by atoms with Crippen LogP contribution in [0.25, 0.3) is 0 Å². The van der Waals surface area contributed by atoms with E-state index in [9.17, 15) is 4.39 Å². The Labute approximate surface area is 118 Å². The molecule has 5 heteroatoms. The molecule has 0 bridgehead atoms. The molecule has 0 saturated heterocycles. The van der Waals surface area contributed by atoms with Crippen LogP contribution in [0.2, 0.25) is 0 Å². The Balaban J connectivity index is 2.03. The molecule has 4 nitrogen and oxygen atoms in total. The third kappa shape index (κ3) is 3.81. The molecule has 0 saturated carbocycles. The van der Waals surface area contributed by atoms with Gasteiger partial charge >= 0.3 is 0 Å². The number of nitrogens with one attached hydrogen (secondary N) is 1. The first-order valence-corrected chi connectivity index (χ1v) is 6.82. The predicted molar refractivity (Wildman–Crippen MR) is 76.2 cm³/mol. The van der Waals surface area contributed by atoms with Gasteiger partial charge in [-0.05, 0) is 19.5 Å². The lowest BCUT2D eigenvalue weighted by atomic mass is 10.1. The molecule has 1 N–H and O–H groups in total. The fraction of sp³-hybridized carbons (Fsp3) is 0.400. The van der Waals surface area contributed by atoms with E-state index in [1.54, 1.807) is 18.6 Å². The smallest absolute Gasteiger partial charge is 0.127 e. The summed E-state index contributed by atoms with van der Waals surface area (Å²) in [5, 5.41) is 3.31. The molecule has 2 rings (SSSR count). The van der Waals surface area contributed by atoms with Crippen LogP contribution in [0.5, 0.6) is 5.75 Å². The number of nitrogens with zero attached hydrogens (tertiary/aromatic N) is 2. The fourth-order valence-corrected chi connectivity index (χ4v) is 2.09. The van der Waals surface area contributed by atoms with Crippen LogP contribution in [0, 0.1) is 5.82 Å². The monoisotopic (exact) mass is 277 g/mol. The highest BCUT2D eigenvalue weighted by atomic mass is 19.1. The molecular formula is C15H20FN3O. The molecule has 108 valence electrons. The maximum Gasteiger partial charge on any atom is 0.127 e. The number of rotatable bonds is 7. The van der Waals surface area contributed by atoms with Crippen molar-refractivity contribution in [2.45, 2.75) is 26.4 Å². The van der Waals surface area contributed by atoms with Crippen molar-refractivity contribution in [3.8, 4) is 5.75 Å². The van der Waals surface area contributed by atoms with Crippen molar-refractivity contribution >= 4 is 0 Å². The van der Waals surface area contributed by atoms with Crippen molar-refractivity contribution in [1.29, 1.82) is 0 Å². The van der Waals surface area contributed by atoms with E-state index >= 15 is 0 Å². The Hall–Kier alpha value is -1.88. The van der Waals surface area contributed by atoms with Crippen molar-refractivity contribution in [3.63, 3.8) is 0 Å². The van der Waals surface area contributed by atoms with Crippen LogP contribution in [-0.2, 0) is 6.54 Å². The van der Waals surface area contributed by atoms with Crippen LogP contribution in [0.4, 0.5) is 4.39 Å². The molecular weight excluding hydrogens is 257 g/mol. The lowest BCUT2D eigenvalue weighted by molar-refractivity contribution is 0.291. The Morgan fingerprint density at radius 3 is 3.00 bits per heavy atom. The fourth-order valence-electron chi connectivity index (χ4n) is 2.09. The van der Waals surface area contributed by atoms with Gasteiger partial charge in [0.15, 0.2) is 0 Å². The SMILES string of the molecule is CCNC(C)c1ccc(F)cc1OCCn1ccnc1. The standard InChI is InChI=1S/C15H20FN3O/c1-3-18-12(2)14-5-4-13(16)10-15(14)20-9-8-19-7-6-17-11-19/h4-7,10-12,18H,3,8-9H2,1-2H3. The van der Waals surface area contributed by atoms with E-state index in [1.807, 2.05) is 24.6 Å². The summed E-state index contributed by atoms with van der Waals surface area (Å²) in [4.78, 5) is 3.97. The summed E-state index contributed by atoms with van der Waals surface area (Å²) in [6.45, 7) is 6.10. The van der Waals surface area contributed by atoms with E-state index in [2.05, 4.69) is 10.3 Å². The van der Waals surface area contributed by atoms with Gasteiger partial charge in [-0.15, -0.1) is 0 Å². The normalized spacial score (nSPS) is 12.3. The number of hydrogen-bond donors (Lipinski definition) is 1. The van der Waals surface area contributed by atoms with Crippen molar-refractivity contribution in [2.24, 2.45) is 0 Å². The van der Waals surface area contributed by atoms with E-state index in [0.29, 0.717) is 18.9 Å². The molecule has 1 aromatic carbocycles. The van der Waals surface area contributed by atoms with Gasteiger partial charge in [-0.3, -0.25) is 0 Å². The molecule has 0 amide bonds. The molecule has 1 aromatic heterocycles. The molecule has 20 heavy (non-hydrogen) atoms. The van der Waals surface area contributed by atoms with Gasteiger partial charge in [0.1, 0.15) is 18.2 Å². The second-order valence-electron chi connectivity index (χ2n) is 4.61. The first-order chi connectivity index (χ1) is 9.70. The summed E-state index contributed by atoms with van der Waals surface area (Å²) in [5.74, 6) is 0.314. The minimum Gasteiger partial charge on any atom is -0.491 e. The molecule has 1 heterocycles. The Bertz CT molecular complexity index is 528. The predicted octanol–water partition coefficient (Wildman–Crippen LogP) is 2.77. The van der Waals surface area contributed by atoms with Crippen LogP contribution in [0.15, 0.2) is 36.9 Å². The van der Waals surface area contributed by atoms with Gasteiger partial charge in [-0.2, -0.15) is 0 Å². The summed E-state index contributed by atoms with van der Waals surface area (Å²) < 4.78 is 21.0. The first kappa shape index (κ1) is 14.5. The second-order valence-corrected chi connectivity index (χ2v) is 4.61. The molecule has 0 radical (unpaired) electrons. The number of hydrogen-bond acceptors (Lipinski definition) is 3. The summed E-state index contributed by atoms with van der Waals surface area (Å²) in [7, 11) is 0. The summed E-state index contributed by atoms with van der Waals surface area (Å²) in [6, 6.07) is 4.81. The maximum absolute atomic E-state index is 13.4. The third-order valence-electron chi connectivity index (χ3n) is 3.12. The number of benzene rings is 1. The molecule has 1 unspecified atom stereocenters. The minimum absolute atomic E-state index is 0.129. The highest BCUT2D eigenvalue weighted by Gasteiger charge is 2.11. The average Bonchev–Trinajstić information content (AvgIpc) is 2.92. The van der Waals surface area contributed by atoms with E-state index < -0.39 is 0 Å². The van der Waals surface area contributed by atoms with Gasteiger partial charge in [0.05, 0.1) is 12.9 Å². The van der Waals surface area contributed by atoms with Crippen LogP contribution in [0.1, 0.15) is 25.5 Å². The lowest BCUT2D eigenvalue weighted by Crippen LogP contribution is -2.19. The van der Waals surface area contributed by atoms with Crippen molar-refractivity contribution in [2.75, 3.05) is 13.2 Å². The van der Waals surface area contributed by atoms with E-state index in [1.165, 1.54) is 12.1 Å². The number of aromatic nitrogens is 2. The highest BCUT2D eigenvalue weighted by Crippen LogP contribution is 2.26. The van der Waals surface area contributed by atoms with Crippen molar-refractivity contribution in [1.82, 2.24) is 14.9 Å². The van der Waals surface area contributed by atoms with Crippen molar-refractivity contribution in [3.05, 3.63) is 48.3 Å². The van der Waals surface area contributed by atoms with Gasteiger partial charge in [-0.1, -0.05) is 13.0 Å². The van der Waals surface area contributed by atoms with Crippen LogP contribution >= 0.6 is 0 Å². The second kappa shape index (κ2) is 7.05. The highest BCUT2D eigenvalue weighted by molar-refractivity contribution is 5.36. The molecule has 0 fully saturated rings. The minimum atomic E-state index is -0.282. The van der Waals surface area contributed by atoms with Gasteiger partial charge in [0.25, 0.3) is 0 Å². The largest absolute Gasteiger partial charge is 0.491 e. The zero-order valence-corrected chi connectivity index (χ0v) is 11.8. The molecule has 2 aromatic rings. The van der Waals surface area contributed by atoms with Crippen LogP contribution in [0.3, 0.4) is 0 Å². The summed E-state index contributed by atoms with van der Waals surface area (Å²) in [6.07, 6.45) is 5.33. The van der Waals surface area contributed by atoms with Crippen LogP contribution in [-0.4, -0.2) is 22.7 Å². The van der Waals surface area contributed by atoms with Gasteiger partial charge in [0.2, 0.25) is 0 Å². The number of halogens is 1. The van der Waals surface area contributed by atoms with E-state index in [-0.39, 0.29) is 11.9 Å². The molecule has 0 aliphatic rings. The Morgan fingerprint density at radius 1 is 1.45 bits per heavy atom. The van der Waals surface area contributed by atoms with Crippen molar-refractivity contribution < 1.29 is 9.13 Å². The number of ether oxygens (including phenoxy) is 1. The molecule has 0 aliphatic carbocycles.